The largest absolute Gasteiger partial charge is 0.492 e. The molecule has 0 amide bonds. The molecule has 3 aromatic rings. The molecule has 0 bridgehead atoms. The SMILES string of the molecule is O=c1c2c(c3cccnc3n1-c1ccccn1)OCC2. The molecule has 3 aromatic heterocycles. The van der Waals surface area contributed by atoms with Crippen molar-refractivity contribution in [2.24, 2.45) is 0 Å². The number of aromatic nitrogens is 3. The molecule has 5 nitrogen and oxygen atoms in total. The molecule has 0 radical (unpaired) electrons. The first kappa shape index (κ1) is 11.2. The van der Waals surface area contributed by atoms with Gasteiger partial charge in [-0.3, -0.25) is 4.79 Å². The summed E-state index contributed by atoms with van der Waals surface area (Å²) in [5.41, 5.74) is 1.19. The molecule has 0 atom stereocenters. The number of hydrogen-bond donors (Lipinski definition) is 0. The van der Waals surface area contributed by atoms with E-state index in [-0.39, 0.29) is 5.56 Å². The van der Waals surface area contributed by atoms with Crippen molar-refractivity contribution in [3.63, 3.8) is 0 Å². The third-order valence-corrected chi connectivity index (χ3v) is 3.46. The highest BCUT2D eigenvalue weighted by Crippen LogP contribution is 2.31. The van der Waals surface area contributed by atoms with Crippen molar-refractivity contribution in [3.05, 3.63) is 58.6 Å². The van der Waals surface area contributed by atoms with Gasteiger partial charge in [0, 0.05) is 18.8 Å². The molecule has 0 N–H and O–H groups in total. The second-order valence-corrected chi connectivity index (χ2v) is 4.61. The lowest BCUT2D eigenvalue weighted by Crippen LogP contribution is -2.23. The van der Waals surface area contributed by atoms with Crippen LogP contribution in [0.2, 0.25) is 0 Å². The maximum absolute atomic E-state index is 12.7. The van der Waals surface area contributed by atoms with Crippen LogP contribution in [0.3, 0.4) is 0 Å². The molecule has 5 heteroatoms. The first-order valence-electron chi connectivity index (χ1n) is 6.43. The van der Waals surface area contributed by atoms with Crippen molar-refractivity contribution in [1.29, 1.82) is 0 Å². The van der Waals surface area contributed by atoms with Crippen LogP contribution >= 0.6 is 0 Å². The van der Waals surface area contributed by atoms with Crippen molar-refractivity contribution in [2.45, 2.75) is 6.42 Å². The standard InChI is InChI=1S/C15H11N3O2/c19-15-11-6-9-20-13(11)10-4-3-8-17-14(10)18(15)12-5-1-2-7-16-12/h1-5,7-8H,6,9H2. The summed E-state index contributed by atoms with van der Waals surface area (Å²) in [6.07, 6.45) is 3.97. The Labute approximate surface area is 114 Å². The van der Waals surface area contributed by atoms with Crippen molar-refractivity contribution in [2.75, 3.05) is 6.61 Å². The molecular weight excluding hydrogens is 254 g/mol. The van der Waals surface area contributed by atoms with Gasteiger partial charge in [-0.05, 0) is 24.3 Å². The van der Waals surface area contributed by atoms with Crippen molar-refractivity contribution in [1.82, 2.24) is 14.5 Å². The van der Waals surface area contributed by atoms with Crippen molar-refractivity contribution in [3.8, 4) is 11.6 Å². The molecule has 4 rings (SSSR count). The summed E-state index contributed by atoms with van der Waals surface area (Å²) in [5, 5.41) is 0.852. The van der Waals surface area contributed by atoms with Gasteiger partial charge in [0.1, 0.15) is 11.6 Å². The first-order chi connectivity index (χ1) is 9.86. The van der Waals surface area contributed by atoms with Gasteiger partial charge in [0.05, 0.1) is 17.6 Å². The average molecular weight is 265 g/mol. The average Bonchev–Trinajstić information content (AvgIpc) is 2.99. The molecule has 0 aliphatic carbocycles. The fourth-order valence-electron chi connectivity index (χ4n) is 2.58. The summed E-state index contributed by atoms with van der Waals surface area (Å²) in [4.78, 5) is 21.3. The van der Waals surface area contributed by atoms with Crippen LogP contribution in [0.4, 0.5) is 0 Å². The molecule has 98 valence electrons. The van der Waals surface area contributed by atoms with Crippen LogP contribution < -0.4 is 10.3 Å². The smallest absolute Gasteiger partial charge is 0.265 e. The number of ether oxygens (including phenoxy) is 1. The zero-order valence-corrected chi connectivity index (χ0v) is 10.6. The Morgan fingerprint density at radius 1 is 1.10 bits per heavy atom. The Morgan fingerprint density at radius 3 is 2.85 bits per heavy atom. The number of rotatable bonds is 1. The van der Waals surface area contributed by atoms with Crippen molar-refractivity contribution < 1.29 is 4.74 Å². The Hall–Kier alpha value is -2.69. The molecule has 0 unspecified atom stereocenters. The Kier molecular flexibility index (Phi) is 2.32. The molecule has 1 aliphatic heterocycles. The number of pyridine rings is 3. The minimum atomic E-state index is -0.0950. The highest BCUT2D eigenvalue weighted by molar-refractivity contribution is 5.85. The van der Waals surface area contributed by atoms with E-state index in [1.54, 1.807) is 23.0 Å². The van der Waals surface area contributed by atoms with E-state index in [9.17, 15) is 4.79 Å². The minimum absolute atomic E-state index is 0.0950. The third-order valence-electron chi connectivity index (χ3n) is 3.46. The monoisotopic (exact) mass is 265 g/mol. The highest BCUT2D eigenvalue weighted by atomic mass is 16.5. The predicted molar refractivity (Wildman–Crippen MR) is 74.3 cm³/mol. The Bertz CT molecular complexity index is 856. The summed E-state index contributed by atoms with van der Waals surface area (Å²) in [6.45, 7) is 0.542. The van der Waals surface area contributed by atoms with E-state index in [1.807, 2.05) is 24.3 Å². The second-order valence-electron chi connectivity index (χ2n) is 4.61. The summed E-state index contributed by atoms with van der Waals surface area (Å²) in [6, 6.07) is 9.24. The van der Waals surface area contributed by atoms with Gasteiger partial charge in [-0.2, -0.15) is 0 Å². The van der Waals surface area contributed by atoms with Crippen LogP contribution in [0.5, 0.6) is 5.75 Å². The van der Waals surface area contributed by atoms with Gasteiger partial charge in [0.2, 0.25) is 0 Å². The number of hydrogen-bond acceptors (Lipinski definition) is 4. The fraction of sp³-hybridized carbons (Fsp3) is 0.133. The van der Waals surface area contributed by atoms with Crippen LogP contribution in [0.15, 0.2) is 47.5 Å². The van der Waals surface area contributed by atoms with Crippen LogP contribution in [-0.2, 0) is 6.42 Å². The van der Waals surface area contributed by atoms with E-state index >= 15 is 0 Å². The quantitative estimate of drug-likeness (QED) is 0.672. The molecule has 0 aromatic carbocycles. The highest BCUT2D eigenvalue weighted by Gasteiger charge is 2.23. The minimum Gasteiger partial charge on any atom is -0.492 e. The maximum Gasteiger partial charge on any atom is 0.265 e. The molecule has 0 fully saturated rings. The molecule has 20 heavy (non-hydrogen) atoms. The Morgan fingerprint density at radius 2 is 2.00 bits per heavy atom. The van der Waals surface area contributed by atoms with Crippen LogP contribution in [0.1, 0.15) is 5.56 Å². The molecule has 0 saturated carbocycles. The zero-order valence-electron chi connectivity index (χ0n) is 10.6. The van der Waals surface area contributed by atoms with Crippen molar-refractivity contribution >= 4 is 11.0 Å². The molecule has 1 aliphatic rings. The van der Waals surface area contributed by atoms with Gasteiger partial charge in [-0.15, -0.1) is 0 Å². The lowest BCUT2D eigenvalue weighted by atomic mass is 10.1. The number of fused-ring (bicyclic) bond motifs is 3. The summed E-state index contributed by atoms with van der Waals surface area (Å²) in [7, 11) is 0. The summed E-state index contributed by atoms with van der Waals surface area (Å²) < 4.78 is 7.17. The van der Waals surface area contributed by atoms with E-state index < -0.39 is 0 Å². The number of nitrogens with zero attached hydrogens (tertiary/aromatic N) is 3. The lowest BCUT2D eigenvalue weighted by Gasteiger charge is -2.11. The topological polar surface area (TPSA) is 57.0 Å². The van der Waals surface area contributed by atoms with Gasteiger partial charge in [-0.1, -0.05) is 6.07 Å². The van der Waals surface area contributed by atoms with Gasteiger partial charge in [0.15, 0.2) is 5.65 Å². The summed E-state index contributed by atoms with van der Waals surface area (Å²) in [5.74, 6) is 1.25. The maximum atomic E-state index is 12.7. The van der Waals surface area contributed by atoms with Gasteiger partial charge in [-0.25, -0.2) is 14.5 Å². The predicted octanol–water partition coefficient (Wildman–Crippen LogP) is 1.72. The summed E-state index contributed by atoms with van der Waals surface area (Å²) >= 11 is 0. The zero-order chi connectivity index (χ0) is 13.5. The molecule has 4 heterocycles. The molecular formula is C15H11N3O2. The van der Waals surface area contributed by atoms with Crippen LogP contribution in [0, 0.1) is 0 Å². The molecule has 0 spiro atoms. The second kappa shape index (κ2) is 4.16. The van der Waals surface area contributed by atoms with E-state index in [0.29, 0.717) is 35.8 Å². The van der Waals surface area contributed by atoms with Crippen LogP contribution in [-0.4, -0.2) is 21.1 Å². The normalized spacial score (nSPS) is 13.2. The third kappa shape index (κ3) is 1.46. The lowest BCUT2D eigenvalue weighted by molar-refractivity contribution is 0.360. The van der Waals surface area contributed by atoms with E-state index in [0.717, 1.165) is 5.39 Å². The first-order valence-corrected chi connectivity index (χ1v) is 6.43. The van der Waals surface area contributed by atoms with E-state index in [1.165, 1.54) is 0 Å². The van der Waals surface area contributed by atoms with Crippen LogP contribution in [0.25, 0.3) is 16.9 Å². The van der Waals surface area contributed by atoms with E-state index in [2.05, 4.69) is 9.97 Å². The molecule has 0 saturated heterocycles. The van der Waals surface area contributed by atoms with Gasteiger partial charge < -0.3 is 4.74 Å². The van der Waals surface area contributed by atoms with Gasteiger partial charge in [0.25, 0.3) is 5.56 Å². The van der Waals surface area contributed by atoms with Gasteiger partial charge >= 0.3 is 0 Å². The fourth-order valence-corrected chi connectivity index (χ4v) is 2.58. The Balaban J connectivity index is 2.19. The van der Waals surface area contributed by atoms with E-state index in [4.69, 9.17) is 4.74 Å².